The van der Waals surface area contributed by atoms with Crippen molar-refractivity contribution < 1.29 is 14.3 Å². The quantitative estimate of drug-likeness (QED) is 0.739. The zero-order valence-corrected chi connectivity index (χ0v) is 17.1. The van der Waals surface area contributed by atoms with Crippen LogP contribution in [-0.2, 0) is 14.9 Å². The minimum absolute atomic E-state index is 0.0435. The first-order valence-electron chi connectivity index (χ1n) is 9.66. The normalized spacial score (nSPS) is 22.5. The van der Waals surface area contributed by atoms with E-state index in [4.69, 9.17) is 4.74 Å². The zero-order valence-electron chi connectivity index (χ0n) is 17.1. The summed E-state index contributed by atoms with van der Waals surface area (Å²) in [7, 11) is 0. The molecule has 148 valence electrons. The fourth-order valence-electron chi connectivity index (χ4n) is 3.72. The van der Waals surface area contributed by atoms with Gasteiger partial charge in [-0.25, -0.2) is 4.79 Å². The summed E-state index contributed by atoms with van der Waals surface area (Å²) in [6, 6.07) is 9.50. The minimum Gasteiger partial charge on any atom is -0.444 e. The molecule has 0 unspecified atom stereocenters. The second-order valence-corrected chi connectivity index (χ2v) is 8.03. The molecule has 0 heterocycles. The molecule has 1 saturated carbocycles. The average molecular weight is 373 g/mol. The molecule has 0 spiro atoms. The molecule has 0 saturated heterocycles. The van der Waals surface area contributed by atoms with Crippen LogP contribution in [0, 0.1) is 5.92 Å². The number of alkyl carbamates (subject to hydrolysis) is 1. The number of hydrogen-bond donors (Lipinski definition) is 1. The fourth-order valence-corrected chi connectivity index (χ4v) is 3.72. The molecular weight excluding hydrogens is 340 g/mol. The molecule has 0 bridgehead atoms. The van der Waals surface area contributed by atoms with Gasteiger partial charge in [-0.15, -0.1) is 6.58 Å². The smallest absolute Gasteiger partial charge is 0.408 e. The van der Waals surface area contributed by atoms with Crippen molar-refractivity contribution in [1.82, 2.24) is 10.2 Å². The Morgan fingerprint density at radius 3 is 2.37 bits per heavy atom. The van der Waals surface area contributed by atoms with Crippen LogP contribution in [0.4, 0.5) is 4.79 Å². The summed E-state index contributed by atoms with van der Waals surface area (Å²) in [5.41, 5.74) is -0.210. The molecule has 27 heavy (non-hydrogen) atoms. The number of rotatable bonds is 7. The van der Waals surface area contributed by atoms with E-state index in [2.05, 4.69) is 11.9 Å². The van der Waals surface area contributed by atoms with E-state index in [-0.39, 0.29) is 17.9 Å². The van der Waals surface area contributed by atoms with Crippen LogP contribution in [0.15, 0.2) is 43.0 Å². The third kappa shape index (κ3) is 4.52. The molecule has 1 fully saturated rings. The number of carbonyl (C=O) groups excluding carboxylic acids is 2. The summed E-state index contributed by atoms with van der Waals surface area (Å²) in [5, 5.41) is 2.89. The van der Waals surface area contributed by atoms with Crippen molar-refractivity contribution >= 4 is 12.0 Å². The Hall–Kier alpha value is -2.30. The van der Waals surface area contributed by atoms with Crippen LogP contribution in [0.5, 0.6) is 0 Å². The molecule has 0 radical (unpaired) electrons. The van der Waals surface area contributed by atoms with E-state index in [0.717, 1.165) is 5.56 Å². The van der Waals surface area contributed by atoms with Crippen molar-refractivity contribution in [1.29, 1.82) is 0 Å². The fraction of sp³-hybridized carbons (Fsp3) is 0.545. The Bertz CT molecular complexity index is 677. The Kier molecular flexibility index (Phi) is 6.34. The van der Waals surface area contributed by atoms with Gasteiger partial charge in [0.25, 0.3) is 0 Å². The van der Waals surface area contributed by atoms with Crippen molar-refractivity contribution in [3.63, 3.8) is 0 Å². The summed E-state index contributed by atoms with van der Waals surface area (Å²) in [5.74, 6) is 0.0690. The van der Waals surface area contributed by atoms with Crippen LogP contribution in [0.3, 0.4) is 0 Å². The van der Waals surface area contributed by atoms with Gasteiger partial charge in [-0.2, -0.15) is 0 Å². The zero-order chi connectivity index (χ0) is 20.2. The number of ether oxygens (including phenoxy) is 1. The van der Waals surface area contributed by atoms with Gasteiger partial charge in [0.15, 0.2) is 0 Å². The Labute approximate surface area is 162 Å². The third-order valence-electron chi connectivity index (χ3n) is 5.11. The summed E-state index contributed by atoms with van der Waals surface area (Å²) in [4.78, 5) is 27.5. The maximum Gasteiger partial charge on any atom is 0.408 e. The van der Waals surface area contributed by atoms with Gasteiger partial charge in [0.1, 0.15) is 5.60 Å². The highest BCUT2D eigenvalue weighted by atomic mass is 16.6. The van der Waals surface area contributed by atoms with Crippen LogP contribution in [0.2, 0.25) is 0 Å². The summed E-state index contributed by atoms with van der Waals surface area (Å²) in [6.45, 7) is 14.7. The lowest BCUT2D eigenvalue weighted by molar-refractivity contribution is -0.134. The summed E-state index contributed by atoms with van der Waals surface area (Å²) < 4.78 is 5.38. The first kappa shape index (κ1) is 21.0. The molecule has 0 aliphatic heterocycles. The van der Waals surface area contributed by atoms with E-state index in [1.807, 2.05) is 69.9 Å². The van der Waals surface area contributed by atoms with Crippen LogP contribution >= 0.6 is 0 Å². The number of amides is 2. The first-order chi connectivity index (χ1) is 12.7. The Morgan fingerprint density at radius 2 is 1.89 bits per heavy atom. The molecule has 1 N–H and O–H groups in total. The Morgan fingerprint density at radius 1 is 1.30 bits per heavy atom. The molecule has 2 rings (SSSR count). The van der Waals surface area contributed by atoms with Gasteiger partial charge in [0, 0.05) is 19.0 Å². The highest BCUT2D eigenvalue weighted by Crippen LogP contribution is 2.57. The molecule has 5 heteroatoms. The van der Waals surface area contributed by atoms with Gasteiger partial charge in [-0.1, -0.05) is 36.4 Å². The molecule has 0 aromatic heterocycles. The predicted molar refractivity (Wildman–Crippen MR) is 108 cm³/mol. The van der Waals surface area contributed by atoms with Crippen LogP contribution in [0.25, 0.3) is 0 Å². The lowest BCUT2D eigenvalue weighted by Crippen LogP contribution is -2.45. The molecule has 2 amide bonds. The standard InChI is InChI=1S/C22H32N2O3/c1-7-18(23-20(26)27-21(4,5)6)17-15-22(17,16-13-11-10-12-14-16)19(25)24(8-2)9-3/h7,10-14,17-18H,1,8-9,15H2,2-6H3,(H,23,26)/t17-,18+,22+/m0/s1. The SMILES string of the molecule is C=C[C@@H](NC(=O)OC(C)(C)C)[C@@H]1C[C@@]1(C(=O)N(CC)CC)c1ccccc1. The summed E-state index contributed by atoms with van der Waals surface area (Å²) in [6.07, 6.45) is 1.89. The van der Waals surface area contributed by atoms with Gasteiger partial charge >= 0.3 is 6.09 Å². The van der Waals surface area contributed by atoms with E-state index in [0.29, 0.717) is 19.5 Å². The molecule has 1 aromatic carbocycles. The van der Waals surface area contributed by atoms with Crippen molar-refractivity contribution in [3.05, 3.63) is 48.6 Å². The number of likely N-dealkylation sites (N-methyl/N-ethyl adjacent to an activating group) is 1. The van der Waals surface area contributed by atoms with Crippen LogP contribution in [0.1, 0.15) is 46.6 Å². The highest BCUT2D eigenvalue weighted by Gasteiger charge is 2.64. The number of nitrogens with zero attached hydrogens (tertiary/aromatic N) is 1. The van der Waals surface area contributed by atoms with Crippen molar-refractivity contribution in [2.24, 2.45) is 5.92 Å². The van der Waals surface area contributed by atoms with E-state index >= 15 is 0 Å². The van der Waals surface area contributed by atoms with E-state index in [1.165, 1.54) is 0 Å². The topological polar surface area (TPSA) is 58.6 Å². The molecule has 3 atom stereocenters. The average Bonchev–Trinajstić information content (AvgIpc) is 3.36. The van der Waals surface area contributed by atoms with Gasteiger partial charge in [0.05, 0.1) is 11.5 Å². The van der Waals surface area contributed by atoms with Crippen LogP contribution < -0.4 is 5.32 Å². The summed E-state index contributed by atoms with van der Waals surface area (Å²) >= 11 is 0. The maximum atomic E-state index is 13.4. The van der Waals surface area contributed by atoms with Gasteiger partial charge in [-0.3, -0.25) is 4.79 Å². The van der Waals surface area contributed by atoms with Crippen molar-refractivity contribution in [2.45, 2.75) is 58.1 Å². The van der Waals surface area contributed by atoms with Crippen molar-refractivity contribution in [2.75, 3.05) is 13.1 Å². The molecule has 1 aliphatic rings. The molecular formula is C22H32N2O3. The second-order valence-electron chi connectivity index (χ2n) is 8.03. The number of carbonyl (C=O) groups is 2. The Balaban J connectivity index is 2.29. The second kappa shape index (κ2) is 8.15. The van der Waals surface area contributed by atoms with Gasteiger partial charge < -0.3 is 15.0 Å². The number of nitrogens with one attached hydrogen (secondary N) is 1. The third-order valence-corrected chi connectivity index (χ3v) is 5.11. The molecule has 1 aliphatic carbocycles. The minimum atomic E-state index is -0.624. The van der Waals surface area contributed by atoms with E-state index in [9.17, 15) is 9.59 Å². The predicted octanol–water partition coefficient (Wildman–Crippen LogP) is 3.89. The number of hydrogen-bond acceptors (Lipinski definition) is 3. The van der Waals surface area contributed by atoms with E-state index in [1.54, 1.807) is 6.08 Å². The van der Waals surface area contributed by atoms with E-state index < -0.39 is 17.1 Å². The van der Waals surface area contributed by atoms with Crippen LogP contribution in [-0.4, -0.2) is 41.6 Å². The van der Waals surface area contributed by atoms with Crippen molar-refractivity contribution in [3.8, 4) is 0 Å². The monoisotopic (exact) mass is 372 g/mol. The lowest BCUT2D eigenvalue weighted by Gasteiger charge is -2.28. The molecule has 1 aromatic rings. The lowest BCUT2D eigenvalue weighted by atomic mass is 9.89. The number of benzene rings is 1. The first-order valence-corrected chi connectivity index (χ1v) is 9.66. The van der Waals surface area contributed by atoms with Gasteiger partial charge in [-0.05, 0) is 46.6 Å². The highest BCUT2D eigenvalue weighted by molar-refractivity contribution is 5.92. The largest absolute Gasteiger partial charge is 0.444 e. The molecule has 5 nitrogen and oxygen atoms in total. The maximum absolute atomic E-state index is 13.4. The van der Waals surface area contributed by atoms with Gasteiger partial charge in [0.2, 0.25) is 5.91 Å².